The van der Waals surface area contributed by atoms with Gasteiger partial charge in [0.25, 0.3) is 0 Å². The number of fused-ring (bicyclic) bond motifs is 3. The molecule has 0 fully saturated rings. The smallest absolute Gasteiger partial charge is 0.0669 e. The van der Waals surface area contributed by atoms with Crippen molar-refractivity contribution in [3.8, 4) is 22.3 Å². The van der Waals surface area contributed by atoms with Crippen molar-refractivity contribution in [2.45, 2.75) is 33.1 Å². The molecule has 0 spiro atoms. The Labute approximate surface area is 240 Å². The molecule has 1 aliphatic heterocycles. The zero-order chi connectivity index (χ0) is 27.2. The first-order valence-corrected chi connectivity index (χ1v) is 14.8. The van der Waals surface area contributed by atoms with Crippen LogP contribution in [-0.4, -0.2) is 5.71 Å². The summed E-state index contributed by atoms with van der Waals surface area (Å²) in [5.41, 5.74) is 15.8. The van der Waals surface area contributed by atoms with Crippen molar-refractivity contribution in [3.63, 3.8) is 0 Å². The molecule has 0 radical (unpaired) electrons. The van der Waals surface area contributed by atoms with Crippen molar-refractivity contribution in [3.05, 3.63) is 137 Å². The lowest BCUT2D eigenvalue weighted by Crippen LogP contribution is -2.08. The lowest BCUT2D eigenvalue weighted by atomic mass is 9.77. The Morgan fingerprint density at radius 2 is 1.41 bits per heavy atom. The molecule has 0 bridgehead atoms. The van der Waals surface area contributed by atoms with Crippen LogP contribution in [0, 0.1) is 6.92 Å². The van der Waals surface area contributed by atoms with Crippen molar-refractivity contribution in [1.82, 2.24) is 0 Å². The van der Waals surface area contributed by atoms with Gasteiger partial charge in [-0.05, 0) is 115 Å². The highest BCUT2D eigenvalue weighted by atomic mass is 14.8. The minimum absolute atomic E-state index is 0.878. The summed E-state index contributed by atoms with van der Waals surface area (Å²) in [4.78, 5) is 5.19. The van der Waals surface area contributed by atoms with Gasteiger partial charge in [-0.15, -0.1) is 0 Å². The molecule has 1 heteroatoms. The fourth-order valence-corrected chi connectivity index (χ4v) is 7.44. The number of hydrogen-bond donors (Lipinski definition) is 0. The van der Waals surface area contributed by atoms with E-state index >= 15 is 0 Å². The molecule has 0 atom stereocenters. The third-order valence-corrected chi connectivity index (χ3v) is 9.49. The Kier molecular flexibility index (Phi) is 4.70. The molecule has 0 aromatic heterocycles. The van der Waals surface area contributed by atoms with E-state index in [1.807, 2.05) is 0 Å². The van der Waals surface area contributed by atoms with E-state index in [9.17, 15) is 0 Å². The number of aryl methyl sites for hydroxylation is 2. The highest BCUT2D eigenvalue weighted by Crippen LogP contribution is 2.49. The number of hydrogen-bond acceptors (Lipinski definition) is 1. The van der Waals surface area contributed by atoms with Gasteiger partial charge in [-0.1, -0.05) is 97.4 Å². The maximum Gasteiger partial charge on any atom is 0.0669 e. The molecule has 0 saturated heterocycles. The summed E-state index contributed by atoms with van der Waals surface area (Å²) < 4.78 is 0. The van der Waals surface area contributed by atoms with Gasteiger partial charge >= 0.3 is 0 Å². The summed E-state index contributed by atoms with van der Waals surface area (Å²) in [7, 11) is 0. The molecule has 41 heavy (non-hydrogen) atoms. The quantitative estimate of drug-likeness (QED) is 0.204. The molecule has 0 saturated carbocycles. The van der Waals surface area contributed by atoms with Crippen LogP contribution in [0.3, 0.4) is 0 Å². The molecule has 0 amide bonds. The van der Waals surface area contributed by atoms with E-state index < -0.39 is 0 Å². The molecule has 2 aliphatic rings. The third kappa shape index (κ3) is 3.27. The lowest BCUT2D eigenvalue weighted by Gasteiger charge is -2.26. The van der Waals surface area contributed by atoms with Crippen molar-refractivity contribution in [2.75, 3.05) is 0 Å². The van der Waals surface area contributed by atoms with Crippen molar-refractivity contribution < 1.29 is 0 Å². The van der Waals surface area contributed by atoms with Gasteiger partial charge in [0.05, 0.1) is 11.4 Å². The fourth-order valence-electron chi connectivity index (χ4n) is 7.44. The molecule has 7 aromatic rings. The van der Waals surface area contributed by atoms with Gasteiger partial charge in [-0.3, -0.25) is 4.99 Å². The maximum atomic E-state index is 5.19. The Morgan fingerprint density at radius 3 is 2.27 bits per heavy atom. The zero-order valence-electron chi connectivity index (χ0n) is 23.4. The molecule has 0 unspecified atom stereocenters. The number of benzene rings is 7. The van der Waals surface area contributed by atoms with E-state index in [1.54, 1.807) is 0 Å². The monoisotopic (exact) mass is 523 g/mol. The Balaban J connectivity index is 1.42. The third-order valence-electron chi connectivity index (χ3n) is 9.49. The maximum absolute atomic E-state index is 5.19. The van der Waals surface area contributed by atoms with Crippen molar-refractivity contribution in [2.24, 2.45) is 4.99 Å². The molecule has 7 aromatic carbocycles. The van der Waals surface area contributed by atoms with E-state index in [1.165, 1.54) is 93.7 Å². The molecular weight excluding hydrogens is 494 g/mol. The normalized spacial score (nSPS) is 13.7. The highest BCUT2D eigenvalue weighted by Gasteiger charge is 2.27. The van der Waals surface area contributed by atoms with Gasteiger partial charge in [-0.2, -0.15) is 0 Å². The van der Waals surface area contributed by atoms with Crippen LogP contribution in [0.5, 0.6) is 0 Å². The Hall–Kier alpha value is -4.75. The van der Waals surface area contributed by atoms with Gasteiger partial charge in [0.15, 0.2) is 0 Å². The van der Waals surface area contributed by atoms with E-state index in [0.717, 1.165) is 24.9 Å². The summed E-state index contributed by atoms with van der Waals surface area (Å²) in [5, 5.41) is 8.20. The van der Waals surface area contributed by atoms with Crippen LogP contribution in [-0.2, 0) is 19.3 Å². The first-order chi connectivity index (χ1) is 20.2. The number of aliphatic imine (C=N–C) groups is 1. The number of para-hydroxylation sites is 1. The molecular formula is C40H29N. The summed E-state index contributed by atoms with van der Waals surface area (Å²) >= 11 is 0. The summed E-state index contributed by atoms with van der Waals surface area (Å²) in [6, 6.07) is 39.0. The van der Waals surface area contributed by atoms with Crippen LogP contribution in [0.2, 0.25) is 0 Å². The predicted octanol–water partition coefficient (Wildman–Crippen LogP) is 10.4. The second-order valence-electron chi connectivity index (χ2n) is 11.9. The molecule has 1 heterocycles. The average molecular weight is 524 g/mol. The number of nitrogens with zero attached hydrogens (tertiary/aromatic N) is 1. The first kappa shape index (κ1) is 23.0. The SMILES string of the molecule is CCc1ccc2c(c1)Cc1cc3c(-c4ccc(C)cc4)ccc4ccc5c(C6=Nc7ccccc7C6)cc-2c1c5c43. The average Bonchev–Trinajstić information content (AvgIpc) is 3.45. The largest absolute Gasteiger partial charge is 0.252 e. The molecule has 1 nitrogen and oxygen atoms in total. The second kappa shape index (κ2) is 8.38. The standard InChI is InChI=1S/C40H29N/c1-3-24-10-15-31-28(18-24)19-29-20-34-30(25-11-8-23(2)9-12-25)16-13-26-14-17-32-33(22-35(31)39(29)40(32)38(26)34)37-21-27-6-4-5-7-36(27)41-37/h4-18,20,22H,3,19,21H2,1-2H3. The summed E-state index contributed by atoms with van der Waals surface area (Å²) in [5.74, 6) is 0. The minimum atomic E-state index is 0.878. The van der Waals surface area contributed by atoms with Crippen LogP contribution in [0.1, 0.15) is 40.3 Å². The van der Waals surface area contributed by atoms with Crippen LogP contribution in [0.25, 0.3) is 54.6 Å². The van der Waals surface area contributed by atoms with E-state index in [0.29, 0.717) is 0 Å². The van der Waals surface area contributed by atoms with Gasteiger partial charge in [0.2, 0.25) is 0 Å². The van der Waals surface area contributed by atoms with Gasteiger partial charge in [-0.25, -0.2) is 0 Å². The predicted molar refractivity (Wildman–Crippen MR) is 174 cm³/mol. The van der Waals surface area contributed by atoms with Crippen molar-refractivity contribution in [1.29, 1.82) is 0 Å². The van der Waals surface area contributed by atoms with Crippen LogP contribution in [0.4, 0.5) is 5.69 Å². The fraction of sp³-hybridized carbons (Fsp3) is 0.125. The molecule has 9 rings (SSSR count). The highest BCUT2D eigenvalue weighted by molar-refractivity contribution is 6.32. The second-order valence-corrected chi connectivity index (χ2v) is 11.9. The summed E-state index contributed by atoms with van der Waals surface area (Å²) in [6.45, 7) is 4.41. The Bertz CT molecular complexity index is 2230. The number of rotatable bonds is 3. The van der Waals surface area contributed by atoms with E-state index in [4.69, 9.17) is 4.99 Å². The van der Waals surface area contributed by atoms with Crippen LogP contribution >= 0.6 is 0 Å². The van der Waals surface area contributed by atoms with Crippen LogP contribution in [0.15, 0.2) is 108 Å². The molecule has 0 N–H and O–H groups in total. The van der Waals surface area contributed by atoms with E-state index in [2.05, 4.69) is 117 Å². The van der Waals surface area contributed by atoms with Gasteiger partial charge in [0.1, 0.15) is 0 Å². The topological polar surface area (TPSA) is 12.4 Å². The van der Waals surface area contributed by atoms with Crippen molar-refractivity contribution >= 4 is 43.7 Å². The Morgan fingerprint density at radius 1 is 0.585 bits per heavy atom. The molecule has 1 aliphatic carbocycles. The minimum Gasteiger partial charge on any atom is -0.252 e. The summed E-state index contributed by atoms with van der Waals surface area (Å²) in [6.07, 6.45) is 2.90. The lowest BCUT2D eigenvalue weighted by molar-refractivity contribution is 1.11. The van der Waals surface area contributed by atoms with Gasteiger partial charge in [0, 0.05) is 12.0 Å². The molecule has 194 valence electrons. The van der Waals surface area contributed by atoms with E-state index in [-0.39, 0.29) is 0 Å². The zero-order valence-corrected chi connectivity index (χ0v) is 23.4. The van der Waals surface area contributed by atoms with Crippen LogP contribution < -0.4 is 0 Å². The first-order valence-electron chi connectivity index (χ1n) is 14.8. The van der Waals surface area contributed by atoms with Gasteiger partial charge < -0.3 is 0 Å².